The number of benzene rings is 2. The lowest BCUT2D eigenvalue weighted by Crippen LogP contribution is -2.02. The predicted octanol–water partition coefficient (Wildman–Crippen LogP) is 3.63. The molecule has 3 aromatic rings. The van der Waals surface area contributed by atoms with Crippen LogP contribution in [0.15, 0.2) is 53.3 Å². The molecule has 21 heavy (non-hydrogen) atoms. The Hall–Kier alpha value is -2.14. The van der Waals surface area contributed by atoms with Crippen LogP contribution in [0.3, 0.4) is 0 Å². The summed E-state index contributed by atoms with van der Waals surface area (Å²) < 4.78 is 7.83. The zero-order chi connectivity index (χ0) is 14.8. The number of esters is 1. The van der Waals surface area contributed by atoms with E-state index in [0.29, 0.717) is 12.1 Å². The van der Waals surface area contributed by atoms with Crippen molar-refractivity contribution in [3.63, 3.8) is 0 Å². The Morgan fingerprint density at radius 3 is 2.71 bits per heavy atom. The first-order valence-electron chi connectivity index (χ1n) is 6.45. The Labute approximate surface area is 130 Å². The second-order valence-electron chi connectivity index (χ2n) is 4.69. The molecule has 1 aromatic heterocycles. The standard InChI is InChI=1S/C16H13BrN2O2/c1-21-16(20)12-4-7-14-15(8-12)19(10-18-14)9-11-2-5-13(17)6-3-11/h2-8,10H,9H2,1H3. The first-order valence-corrected chi connectivity index (χ1v) is 7.24. The van der Waals surface area contributed by atoms with Gasteiger partial charge in [0.25, 0.3) is 0 Å². The molecule has 0 aliphatic heterocycles. The minimum atomic E-state index is -0.340. The maximum Gasteiger partial charge on any atom is 0.337 e. The fraction of sp³-hybridized carbons (Fsp3) is 0.125. The number of hydrogen-bond acceptors (Lipinski definition) is 3. The molecule has 0 unspecified atom stereocenters. The highest BCUT2D eigenvalue weighted by Gasteiger charge is 2.09. The molecule has 0 aliphatic carbocycles. The van der Waals surface area contributed by atoms with E-state index in [2.05, 4.69) is 33.0 Å². The smallest absolute Gasteiger partial charge is 0.337 e. The molecule has 0 aliphatic rings. The summed E-state index contributed by atoms with van der Waals surface area (Å²) in [7, 11) is 1.38. The van der Waals surface area contributed by atoms with E-state index in [-0.39, 0.29) is 5.97 Å². The molecule has 2 aromatic carbocycles. The first-order chi connectivity index (χ1) is 10.2. The molecular formula is C16H13BrN2O2. The van der Waals surface area contributed by atoms with E-state index in [1.165, 1.54) is 12.7 Å². The molecule has 4 nitrogen and oxygen atoms in total. The highest BCUT2D eigenvalue weighted by atomic mass is 79.9. The second-order valence-corrected chi connectivity index (χ2v) is 5.61. The van der Waals surface area contributed by atoms with Gasteiger partial charge in [0.15, 0.2) is 0 Å². The van der Waals surface area contributed by atoms with Crippen LogP contribution in [0.5, 0.6) is 0 Å². The minimum absolute atomic E-state index is 0.340. The van der Waals surface area contributed by atoms with Gasteiger partial charge >= 0.3 is 5.97 Å². The van der Waals surface area contributed by atoms with Crippen LogP contribution in [-0.2, 0) is 11.3 Å². The quantitative estimate of drug-likeness (QED) is 0.681. The van der Waals surface area contributed by atoms with Gasteiger partial charge in [-0.2, -0.15) is 0 Å². The lowest BCUT2D eigenvalue weighted by Gasteiger charge is -2.06. The number of imidazole rings is 1. The van der Waals surface area contributed by atoms with Gasteiger partial charge in [-0.05, 0) is 35.9 Å². The van der Waals surface area contributed by atoms with Crippen molar-refractivity contribution >= 4 is 32.9 Å². The molecule has 0 saturated heterocycles. The minimum Gasteiger partial charge on any atom is -0.465 e. The predicted molar refractivity (Wildman–Crippen MR) is 84.3 cm³/mol. The molecule has 0 bridgehead atoms. The highest BCUT2D eigenvalue weighted by Crippen LogP contribution is 2.18. The van der Waals surface area contributed by atoms with Gasteiger partial charge in [-0.3, -0.25) is 0 Å². The van der Waals surface area contributed by atoms with Crippen molar-refractivity contribution in [3.8, 4) is 0 Å². The van der Waals surface area contributed by atoms with Gasteiger partial charge in [-0.25, -0.2) is 9.78 Å². The van der Waals surface area contributed by atoms with Crippen molar-refractivity contribution in [1.82, 2.24) is 9.55 Å². The van der Waals surface area contributed by atoms with E-state index >= 15 is 0 Å². The largest absolute Gasteiger partial charge is 0.465 e. The van der Waals surface area contributed by atoms with Crippen molar-refractivity contribution in [2.75, 3.05) is 7.11 Å². The van der Waals surface area contributed by atoms with Gasteiger partial charge in [-0.15, -0.1) is 0 Å². The Bertz CT molecular complexity index is 794. The molecule has 106 valence electrons. The van der Waals surface area contributed by atoms with Crippen LogP contribution in [0.4, 0.5) is 0 Å². The fourth-order valence-electron chi connectivity index (χ4n) is 2.21. The van der Waals surface area contributed by atoms with Crippen molar-refractivity contribution in [2.24, 2.45) is 0 Å². The molecule has 3 rings (SSSR count). The van der Waals surface area contributed by atoms with Gasteiger partial charge in [0.2, 0.25) is 0 Å². The fourth-order valence-corrected chi connectivity index (χ4v) is 2.48. The maximum absolute atomic E-state index is 11.6. The second kappa shape index (κ2) is 5.69. The van der Waals surface area contributed by atoms with Crippen LogP contribution >= 0.6 is 15.9 Å². The number of nitrogens with zero attached hydrogens (tertiary/aromatic N) is 2. The van der Waals surface area contributed by atoms with Gasteiger partial charge in [0.1, 0.15) is 0 Å². The van der Waals surface area contributed by atoms with Crippen LogP contribution in [-0.4, -0.2) is 22.6 Å². The van der Waals surface area contributed by atoms with Gasteiger partial charge in [-0.1, -0.05) is 28.1 Å². The average molecular weight is 345 g/mol. The summed E-state index contributed by atoms with van der Waals surface area (Å²) in [5.41, 5.74) is 3.48. The number of ether oxygens (including phenoxy) is 1. The van der Waals surface area contributed by atoms with Gasteiger partial charge in [0, 0.05) is 11.0 Å². The van der Waals surface area contributed by atoms with Crippen molar-refractivity contribution in [2.45, 2.75) is 6.54 Å². The highest BCUT2D eigenvalue weighted by molar-refractivity contribution is 9.10. The van der Waals surface area contributed by atoms with Crippen LogP contribution in [0.2, 0.25) is 0 Å². The van der Waals surface area contributed by atoms with E-state index < -0.39 is 0 Å². The SMILES string of the molecule is COC(=O)c1ccc2ncn(Cc3ccc(Br)cc3)c2c1. The monoisotopic (exact) mass is 344 g/mol. The Morgan fingerprint density at radius 2 is 2.00 bits per heavy atom. The van der Waals surface area contributed by atoms with E-state index in [0.717, 1.165) is 15.5 Å². The summed E-state index contributed by atoms with van der Waals surface area (Å²) in [6, 6.07) is 13.5. The lowest BCUT2D eigenvalue weighted by molar-refractivity contribution is 0.0601. The number of carbonyl (C=O) groups excluding carboxylic acids is 1. The Kier molecular flexibility index (Phi) is 3.75. The van der Waals surface area contributed by atoms with Crippen LogP contribution < -0.4 is 0 Å². The summed E-state index contributed by atoms with van der Waals surface area (Å²) in [6.45, 7) is 0.703. The molecule has 0 atom stereocenters. The average Bonchev–Trinajstić information content (AvgIpc) is 2.91. The summed E-state index contributed by atoms with van der Waals surface area (Å²) >= 11 is 3.43. The number of methoxy groups -OCH3 is 1. The van der Waals surface area contributed by atoms with E-state index in [4.69, 9.17) is 4.74 Å². The van der Waals surface area contributed by atoms with Crippen LogP contribution in [0, 0.1) is 0 Å². The molecule has 0 saturated carbocycles. The van der Waals surface area contributed by atoms with Crippen LogP contribution in [0.1, 0.15) is 15.9 Å². The summed E-state index contributed by atoms with van der Waals surface area (Å²) in [6.07, 6.45) is 1.79. The topological polar surface area (TPSA) is 44.1 Å². The molecule has 0 radical (unpaired) electrons. The third-order valence-corrected chi connectivity index (χ3v) is 3.84. The number of rotatable bonds is 3. The van der Waals surface area contributed by atoms with Crippen molar-refractivity contribution in [1.29, 1.82) is 0 Å². The Morgan fingerprint density at radius 1 is 1.24 bits per heavy atom. The molecule has 5 heteroatoms. The van der Waals surface area contributed by atoms with E-state index in [9.17, 15) is 4.79 Å². The number of fused-ring (bicyclic) bond motifs is 1. The first kappa shape index (κ1) is 13.8. The molecule has 0 fully saturated rings. The third kappa shape index (κ3) is 2.83. The number of halogens is 1. The molecule has 0 spiro atoms. The molecule has 0 amide bonds. The van der Waals surface area contributed by atoms with Crippen molar-refractivity contribution < 1.29 is 9.53 Å². The summed E-state index contributed by atoms with van der Waals surface area (Å²) in [5.74, 6) is -0.340. The lowest BCUT2D eigenvalue weighted by atomic mass is 10.2. The molecule has 0 N–H and O–H groups in total. The summed E-state index contributed by atoms with van der Waals surface area (Å²) in [4.78, 5) is 16.0. The number of aromatic nitrogens is 2. The van der Waals surface area contributed by atoms with Gasteiger partial charge in [0.05, 0.1) is 30.0 Å². The number of carbonyl (C=O) groups is 1. The Balaban J connectivity index is 1.98. The third-order valence-electron chi connectivity index (χ3n) is 3.31. The number of hydrogen-bond donors (Lipinski definition) is 0. The summed E-state index contributed by atoms with van der Waals surface area (Å²) in [5, 5.41) is 0. The molecular weight excluding hydrogens is 332 g/mol. The van der Waals surface area contributed by atoms with Gasteiger partial charge < -0.3 is 9.30 Å². The molecule has 1 heterocycles. The van der Waals surface area contributed by atoms with E-state index in [1.807, 2.05) is 28.8 Å². The zero-order valence-corrected chi connectivity index (χ0v) is 13.0. The van der Waals surface area contributed by atoms with Crippen LogP contribution in [0.25, 0.3) is 11.0 Å². The van der Waals surface area contributed by atoms with Crippen molar-refractivity contribution in [3.05, 3.63) is 64.4 Å². The normalized spacial score (nSPS) is 10.8. The maximum atomic E-state index is 11.6. The van der Waals surface area contributed by atoms with E-state index in [1.54, 1.807) is 12.4 Å². The zero-order valence-electron chi connectivity index (χ0n) is 11.4.